The fourth-order valence-corrected chi connectivity index (χ4v) is 7.71. The molecular formula is C31H42BrN3O5. The minimum absolute atomic E-state index is 0.0978. The highest BCUT2D eigenvalue weighted by Gasteiger charge is 2.76. The van der Waals surface area contributed by atoms with Crippen LogP contribution >= 0.6 is 15.9 Å². The summed E-state index contributed by atoms with van der Waals surface area (Å²) in [6.45, 7) is 12.8. The lowest BCUT2D eigenvalue weighted by molar-refractivity contribution is -0.149. The summed E-state index contributed by atoms with van der Waals surface area (Å²) in [5.41, 5.74) is -0.366. The van der Waals surface area contributed by atoms with Gasteiger partial charge in [-0.3, -0.25) is 14.4 Å². The third-order valence-corrected chi connectivity index (χ3v) is 9.34. The summed E-state index contributed by atoms with van der Waals surface area (Å²) in [6.07, 6.45) is 6.41. The number of fused-ring (bicyclic) bond motifs is 1. The first-order valence-corrected chi connectivity index (χ1v) is 15.3. The average molecular weight is 617 g/mol. The van der Waals surface area contributed by atoms with Gasteiger partial charge < -0.3 is 24.5 Å². The van der Waals surface area contributed by atoms with Crippen LogP contribution in [0.25, 0.3) is 0 Å². The van der Waals surface area contributed by atoms with E-state index in [0.717, 1.165) is 18.5 Å². The SMILES string of the molecule is C=CCN(C(=O)[C@H]1[C@@H]2OC3(CC2Br)C(C(=O)N(CC=C)C(C)C)N(CCCCCCO)C(=O)[C@H]13)c1ccccc1. The number of alkyl halides is 1. The Hall–Kier alpha value is -2.49. The van der Waals surface area contributed by atoms with Crippen molar-refractivity contribution in [1.82, 2.24) is 9.80 Å². The predicted octanol–water partition coefficient (Wildman–Crippen LogP) is 3.93. The summed E-state index contributed by atoms with van der Waals surface area (Å²) < 4.78 is 6.69. The van der Waals surface area contributed by atoms with Gasteiger partial charge in [-0.25, -0.2) is 0 Å². The van der Waals surface area contributed by atoms with Crippen LogP contribution in [-0.4, -0.2) is 87.5 Å². The first-order valence-electron chi connectivity index (χ1n) is 14.3. The smallest absolute Gasteiger partial charge is 0.248 e. The zero-order valence-corrected chi connectivity index (χ0v) is 25.2. The van der Waals surface area contributed by atoms with Gasteiger partial charge in [0.15, 0.2) is 0 Å². The van der Waals surface area contributed by atoms with Gasteiger partial charge in [-0.2, -0.15) is 0 Å². The summed E-state index contributed by atoms with van der Waals surface area (Å²) >= 11 is 3.76. The number of amides is 3. The number of carbonyl (C=O) groups is 3. The molecular weight excluding hydrogens is 574 g/mol. The fourth-order valence-electron chi connectivity index (χ4n) is 6.77. The summed E-state index contributed by atoms with van der Waals surface area (Å²) in [4.78, 5) is 47.8. The van der Waals surface area contributed by atoms with Crippen molar-refractivity contribution in [3.8, 4) is 0 Å². The third kappa shape index (κ3) is 5.40. The standard InChI is InChI=1S/C31H42BrN3O5/c1-5-16-33(21(3)4)30(39)27-31-20-23(32)26(40-31)24(25(31)29(38)35(27)18-12-7-8-13-19-36)28(37)34(17-6-2)22-14-10-9-11-15-22/h5-6,9-11,14-15,21,23-27,36H,1-2,7-8,12-13,16-20H2,3-4H3/t23?,24-,25+,26-,27?,31?/m1/s1. The summed E-state index contributed by atoms with van der Waals surface area (Å²) in [5.74, 6) is -2.02. The number of hydrogen-bond acceptors (Lipinski definition) is 5. The minimum atomic E-state index is -1.09. The molecule has 3 saturated heterocycles. The quantitative estimate of drug-likeness (QED) is 0.195. The number of carbonyl (C=O) groups excluding carboxylic acids is 3. The Labute approximate surface area is 246 Å². The lowest BCUT2D eigenvalue weighted by Gasteiger charge is -2.38. The molecule has 6 atom stereocenters. The lowest BCUT2D eigenvalue weighted by Crippen LogP contribution is -2.58. The van der Waals surface area contributed by atoms with Crippen molar-refractivity contribution in [2.45, 2.75) is 74.6 Å². The molecule has 1 aromatic rings. The third-order valence-electron chi connectivity index (χ3n) is 8.49. The molecule has 0 saturated carbocycles. The Morgan fingerprint density at radius 2 is 1.80 bits per heavy atom. The lowest BCUT2D eigenvalue weighted by atomic mass is 9.70. The molecule has 0 aliphatic carbocycles. The van der Waals surface area contributed by atoms with E-state index < -0.39 is 29.6 Å². The van der Waals surface area contributed by atoms with Crippen LogP contribution < -0.4 is 4.90 Å². The normalized spacial score (nSPS) is 28.6. The molecule has 3 unspecified atom stereocenters. The van der Waals surface area contributed by atoms with Gasteiger partial charge in [-0.1, -0.05) is 59.1 Å². The second-order valence-electron chi connectivity index (χ2n) is 11.3. The molecule has 0 radical (unpaired) electrons. The van der Waals surface area contributed by atoms with Crippen LogP contribution in [0.1, 0.15) is 46.0 Å². The van der Waals surface area contributed by atoms with Crippen LogP contribution in [0.3, 0.4) is 0 Å². The molecule has 9 heteroatoms. The largest absolute Gasteiger partial charge is 0.396 e. The van der Waals surface area contributed by atoms with Crippen molar-refractivity contribution < 1.29 is 24.2 Å². The predicted molar refractivity (Wildman–Crippen MR) is 159 cm³/mol. The second-order valence-corrected chi connectivity index (χ2v) is 12.5. The first-order chi connectivity index (χ1) is 19.2. The monoisotopic (exact) mass is 615 g/mol. The molecule has 1 aromatic carbocycles. The number of ether oxygens (including phenoxy) is 1. The second kappa shape index (κ2) is 13.0. The highest BCUT2D eigenvalue weighted by atomic mass is 79.9. The van der Waals surface area contributed by atoms with E-state index in [1.165, 1.54) is 0 Å². The van der Waals surface area contributed by atoms with Crippen molar-refractivity contribution in [3.63, 3.8) is 0 Å². The van der Waals surface area contributed by atoms with E-state index in [0.29, 0.717) is 38.9 Å². The van der Waals surface area contributed by atoms with E-state index in [2.05, 4.69) is 29.1 Å². The van der Waals surface area contributed by atoms with E-state index in [-0.39, 0.29) is 35.2 Å². The number of nitrogens with zero attached hydrogens (tertiary/aromatic N) is 3. The molecule has 218 valence electrons. The minimum Gasteiger partial charge on any atom is -0.396 e. The molecule has 40 heavy (non-hydrogen) atoms. The number of unbranched alkanes of at least 4 members (excludes halogenated alkanes) is 3. The zero-order valence-electron chi connectivity index (χ0n) is 23.6. The molecule has 2 bridgehead atoms. The van der Waals surface area contributed by atoms with E-state index in [9.17, 15) is 14.4 Å². The molecule has 3 aliphatic rings. The molecule has 1 spiro atoms. The Morgan fingerprint density at radius 3 is 2.42 bits per heavy atom. The van der Waals surface area contributed by atoms with Gasteiger partial charge in [0.05, 0.1) is 17.9 Å². The van der Waals surface area contributed by atoms with Crippen molar-refractivity contribution in [3.05, 3.63) is 55.6 Å². The van der Waals surface area contributed by atoms with Crippen LogP contribution in [0, 0.1) is 11.8 Å². The first kappa shape index (κ1) is 30.5. The topological polar surface area (TPSA) is 90.4 Å². The summed E-state index contributed by atoms with van der Waals surface area (Å²) in [5, 5.41) is 9.16. The highest BCUT2D eigenvalue weighted by Crippen LogP contribution is 2.60. The van der Waals surface area contributed by atoms with E-state index in [1.54, 1.807) is 26.9 Å². The molecule has 4 rings (SSSR count). The maximum absolute atomic E-state index is 14.3. The molecule has 8 nitrogen and oxygen atoms in total. The van der Waals surface area contributed by atoms with Crippen LogP contribution in [0.15, 0.2) is 55.6 Å². The van der Waals surface area contributed by atoms with Gasteiger partial charge in [0, 0.05) is 42.8 Å². The van der Waals surface area contributed by atoms with Crippen LogP contribution in [-0.2, 0) is 19.1 Å². The molecule has 3 fully saturated rings. The molecule has 0 aromatic heterocycles. The van der Waals surface area contributed by atoms with E-state index in [1.807, 2.05) is 44.2 Å². The van der Waals surface area contributed by atoms with Gasteiger partial charge in [0.2, 0.25) is 17.7 Å². The van der Waals surface area contributed by atoms with Crippen molar-refractivity contribution in [1.29, 1.82) is 0 Å². The number of hydrogen-bond donors (Lipinski definition) is 1. The van der Waals surface area contributed by atoms with Crippen molar-refractivity contribution >= 4 is 39.3 Å². The number of rotatable bonds is 14. The Balaban J connectivity index is 1.73. The number of aliphatic hydroxyl groups is 1. The Morgan fingerprint density at radius 1 is 1.12 bits per heavy atom. The molecule has 3 heterocycles. The van der Waals surface area contributed by atoms with Gasteiger partial charge in [0.25, 0.3) is 0 Å². The number of likely N-dealkylation sites (tertiary alicyclic amines) is 1. The van der Waals surface area contributed by atoms with Crippen LogP contribution in [0.2, 0.25) is 0 Å². The van der Waals surface area contributed by atoms with Crippen molar-refractivity contribution in [2.24, 2.45) is 11.8 Å². The van der Waals surface area contributed by atoms with Crippen LogP contribution in [0.5, 0.6) is 0 Å². The highest BCUT2D eigenvalue weighted by molar-refractivity contribution is 9.09. The van der Waals surface area contributed by atoms with Gasteiger partial charge in [0.1, 0.15) is 11.6 Å². The van der Waals surface area contributed by atoms with E-state index in [4.69, 9.17) is 9.84 Å². The zero-order chi connectivity index (χ0) is 29.0. The number of halogens is 1. The number of aliphatic hydroxyl groups excluding tert-OH is 1. The fraction of sp³-hybridized carbons (Fsp3) is 0.581. The summed E-state index contributed by atoms with van der Waals surface area (Å²) in [7, 11) is 0. The number of para-hydroxylation sites is 1. The van der Waals surface area contributed by atoms with Gasteiger partial charge in [-0.05, 0) is 45.2 Å². The molecule has 1 N–H and O–H groups in total. The maximum Gasteiger partial charge on any atom is 0.248 e. The maximum atomic E-state index is 14.3. The Bertz CT molecular complexity index is 1100. The Kier molecular flexibility index (Phi) is 9.90. The molecule has 3 amide bonds. The summed E-state index contributed by atoms with van der Waals surface area (Å²) in [6, 6.07) is 8.46. The van der Waals surface area contributed by atoms with E-state index >= 15 is 0 Å². The molecule has 3 aliphatic heterocycles. The number of benzene rings is 1. The van der Waals surface area contributed by atoms with Gasteiger partial charge >= 0.3 is 0 Å². The van der Waals surface area contributed by atoms with Gasteiger partial charge in [-0.15, -0.1) is 13.2 Å². The van der Waals surface area contributed by atoms with Crippen LogP contribution in [0.4, 0.5) is 5.69 Å². The average Bonchev–Trinajstić information content (AvgIpc) is 3.53. The number of anilines is 1. The van der Waals surface area contributed by atoms with Crippen molar-refractivity contribution in [2.75, 3.05) is 31.1 Å².